The lowest BCUT2D eigenvalue weighted by atomic mass is 10.0. The maximum Gasteiger partial charge on any atom is 0.0998 e. The third-order valence-electron chi connectivity index (χ3n) is 3.55. The number of nitriles is 1. The molecular weight excluding hydrogens is 246 g/mol. The Bertz CT molecular complexity index is 802. The summed E-state index contributed by atoms with van der Waals surface area (Å²) >= 11 is 0. The summed E-state index contributed by atoms with van der Waals surface area (Å²) in [5, 5.41) is 11.2. The molecule has 1 N–H and O–H groups in total. The number of benzene rings is 2. The Morgan fingerprint density at radius 3 is 2.20 bits per heavy atom. The normalized spacial score (nSPS) is 10.4. The van der Waals surface area contributed by atoms with Gasteiger partial charge in [0, 0.05) is 22.2 Å². The molecule has 0 spiro atoms. The van der Waals surface area contributed by atoms with Gasteiger partial charge < -0.3 is 0 Å². The molecule has 20 heavy (non-hydrogen) atoms. The van der Waals surface area contributed by atoms with Crippen LogP contribution in [0.2, 0.25) is 0 Å². The van der Waals surface area contributed by atoms with E-state index in [9.17, 15) is 5.26 Å². The SMILES string of the molecule is Cc1ccc(C)n1Nc1ccc(C#N)c2ccccc12. The van der Waals surface area contributed by atoms with Gasteiger partial charge in [-0.15, -0.1) is 0 Å². The molecule has 0 aliphatic rings. The van der Waals surface area contributed by atoms with Gasteiger partial charge in [-0.25, -0.2) is 0 Å². The number of nitrogens with zero attached hydrogens (tertiary/aromatic N) is 2. The van der Waals surface area contributed by atoms with Gasteiger partial charge in [-0.05, 0) is 38.1 Å². The summed E-state index contributed by atoms with van der Waals surface area (Å²) in [7, 11) is 0. The first-order valence-electron chi connectivity index (χ1n) is 6.54. The molecule has 0 unspecified atom stereocenters. The molecule has 98 valence electrons. The Hall–Kier alpha value is -2.73. The fraction of sp³-hybridized carbons (Fsp3) is 0.118. The van der Waals surface area contributed by atoms with Crippen molar-refractivity contribution in [3.63, 3.8) is 0 Å². The molecule has 0 saturated heterocycles. The third kappa shape index (κ3) is 1.92. The van der Waals surface area contributed by atoms with Gasteiger partial charge in [-0.3, -0.25) is 10.1 Å². The number of rotatable bonds is 2. The summed E-state index contributed by atoms with van der Waals surface area (Å²) < 4.78 is 2.05. The fourth-order valence-electron chi connectivity index (χ4n) is 2.46. The molecule has 3 rings (SSSR count). The predicted octanol–water partition coefficient (Wildman–Crippen LogP) is 4.01. The first kappa shape index (κ1) is 12.3. The smallest absolute Gasteiger partial charge is 0.0998 e. The van der Waals surface area contributed by atoms with E-state index in [0.717, 1.165) is 27.8 Å². The van der Waals surface area contributed by atoms with Gasteiger partial charge in [0.05, 0.1) is 17.3 Å². The van der Waals surface area contributed by atoms with Crippen LogP contribution < -0.4 is 5.43 Å². The van der Waals surface area contributed by atoms with Gasteiger partial charge in [0.1, 0.15) is 0 Å². The number of nitrogens with one attached hydrogen (secondary N) is 1. The van der Waals surface area contributed by atoms with Gasteiger partial charge in [-0.2, -0.15) is 5.26 Å². The van der Waals surface area contributed by atoms with E-state index < -0.39 is 0 Å². The third-order valence-corrected chi connectivity index (χ3v) is 3.55. The number of hydrogen-bond acceptors (Lipinski definition) is 2. The van der Waals surface area contributed by atoms with Crippen molar-refractivity contribution in [3.8, 4) is 6.07 Å². The average Bonchev–Trinajstić information content (AvgIpc) is 2.79. The molecule has 3 aromatic rings. The van der Waals surface area contributed by atoms with Crippen molar-refractivity contribution in [3.05, 3.63) is 65.5 Å². The van der Waals surface area contributed by atoms with Crippen molar-refractivity contribution in [1.29, 1.82) is 5.26 Å². The van der Waals surface area contributed by atoms with Crippen molar-refractivity contribution in [2.75, 3.05) is 5.43 Å². The van der Waals surface area contributed by atoms with Crippen LogP contribution in [0.5, 0.6) is 0 Å². The Labute approximate surface area is 118 Å². The minimum absolute atomic E-state index is 0.701. The second-order valence-electron chi connectivity index (χ2n) is 4.88. The van der Waals surface area contributed by atoms with Crippen molar-refractivity contribution in [2.45, 2.75) is 13.8 Å². The maximum absolute atomic E-state index is 9.20. The maximum atomic E-state index is 9.20. The van der Waals surface area contributed by atoms with E-state index in [4.69, 9.17) is 0 Å². The molecule has 0 bridgehead atoms. The van der Waals surface area contributed by atoms with Crippen molar-refractivity contribution in [2.24, 2.45) is 0 Å². The highest BCUT2D eigenvalue weighted by Gasteiger charge is 2.07. The molecule has 1 heterocycles. The molecule has 1 aromatic heterocycles. The lowest BCUT2D eigenvalue weighted by molar-refractivity contribution is 0.884. The van der Waals surface area contributed by atoms with Crippen molar-refractivity contribution < 1.29 is 0 Å². The Kier molecular flexibility index (Phi) is 2.92. The fourth-order valence-corrected chi connectivity index (χ4v) is 2.46. The van der Waals surface area contributed by atoms with Gasteiger partial charge in [0.2, 0.25) is 0 Å². The zero-order valence-corrected chi connectivity index (χ0v) is 11.5. The molecular formula is C17H15N3. The molecule has 0 radical (unpaired) electrons. The van der Waals surface area contributed by atoms with Crippen LogP contribution in [0.3, 0.4) is 0 Å². The lowest BCUT2D eigenvalue weighted by Gasteiger charge is -2.15. The molecule has 3 heteroatoms. The number of aromatic nitrogens is 1. The predicted molar refractivity (Wildman–Crippen MR) is 81.6 cm³/mol. The minimum atomic E-state index is 0.701. The monoisotopic (exact) mass is 261 g/mol. The zero-order valence-electron chi connectivity index (χ0n) is 11.5. The molecule has 0 fully saturated rings. The van der Waals surface area contributed by atoms with Crippen LogP contribution in [0.25, 0.3) is 10.8 Å². The van der Waals surface area contributed by atoms with E-state index in [0.29, 0.717) is 5.56 Å². The molecule has 0 atom stereocenters. The summed E-state index contributed by atoms with van der Waals surface area (Å²) in [5.41, 5.74) is 7.42. The Morgan fingerprint density at radius 2 is 1.55 bits per heavy atom. The summed E-state index contributed by atoms with van der Waals surface area (Å²) in [4.78, 5) is 0. The number of anilines is 1. The van der Waals surface area contributed by atoms with Crippen LogP contribution in [0.1, 0.15) is 17.0 Å². The standard InChI is InChI=1S/C17H15N3/c1-12-7-8-13(2)20(12)19-17-10-9-14(11-18)15-5-3-4-6-16(15)17/h3-10,19H,1-2H3. The molecule has 0 aliphatic carbocycles. The summed E-state index contributed by atoms with van der Waals surface area (Å²) in [5.74, 6) is 0. The van der Waals surface area contributed by atoms with Crippen LogP contribution in [0, 0.1) is 25.2 Å². The summed E-state index contributed by atoms with van der Waals surface area (Å²) in [6, 6.07) is 18.2. The van der Waals surface area contributed by atoms with Gasteiger partial charge >= 0.3 is 0 Å². The highest BCUT2D eigenvalue weighted by molar-refractivity contribution is 5.97. The highest BCUT2D eigenvalue weighted by atomic mass is 15.4. The van der Waals surface area contributed by atoms with E-state index in [1.807, 2.05) is 41.1 Å². The number of aryl methyl sites for hydroxylation is 2. The molecule has 0 amide bonds. The minimum Gasteiger partial charge on any atom is -0.294 e. The van der Waals surface area contributed by atoms with E-state index in [2.05, 4.69) is 37.5 Å². The first-order valence-corrected chi connectivity index (χ1v) is 6.54. The van der Waals surface area contributed by atoms with Crippen molar-refractivity contribution in [1.82, 2.24) is 4.68 Å². The van der Waals surface area contributed by atoms with Crippen LogP contribution in [0.15, 0.2) is 48.5 Å². The number of hydrogen-bond donors (Lipinski definition) is 1. The quantitative estimate of drug-likeness (QED) is 0.757. The molecule has 0 aliphatic heterocycles. The van der Waals surface area contributed by atoms with Gasteiger partial charge in [0.15, 0.2) is 0 Å². The molecule has 3 nitrogen and oxygen atoms in total. The lowest BCUT2D eigenvalue weighted by Crippen LogP contribution is -2.12. The van der Waals surface area contributed by atoms with E-state index in [1.54, 1.807) is 0 Å². The largest absolute Gasteiger partial charge is 0.294 e. The number of fused-ring (bicyclic) bond motifs is 1. The van der Waals surface area contributed by atoms with Crippen LogP contribution in [0.4, 0.5) is 5.69 Å². The zero-order chi connectivity index (χ0) is 14.1. The van der Waals surface area contributed by atoms with Crippen LogP contribution >= 0.6 is 0 Å². The molecule has 2 aromatic carbocycles. The summed E-state index contributed by atoms with van der Waals surface area (Å²) in [6.45, 7) is 4.12. The van der Waals surface area contributed by atoms with Crippen LogP contribution in [-0.4, -0.2) is 4.68 Å². The van der Waals surface area contributed by atoms with Crippen molar-refractivity contribution >= 4 is 16.5 Å². The topological polar surface area (TPSA) is 40.8 Å². The van der Waals surface area contributed by atoms with E-state index in [-0.39, 0.29) is 0 Å². The highest BCUT2D eigenvalue weighted by Crippen LogP contribution is 2.27. The first-order chi connectivity index (χ1) is 9.70. The van der Waals surface area contributed by atoms with Crippen LogP contribution in [-0.2, 0) is 0 Å². The van der Waals surface area contributed by atoms with Gasteiger partial charge in [-0.1, -0.05) is 24.3 Å². The Balaban J connectivity index is 2.16. The van der Waals surface area contributed by atoms with E-state index >= 15 is 0 Å². The second kappa shape index (κ2) is 4.75. The van der Waals surface area contributed by atoms with Gasteiger partial charge in [0.25, 0.3) is 0 Å². The summed E-state index contributed by atoms with van der Waals surface area (Å²) in [6.07, 6.45) is 0. The average molecular weight is 261 g/mol. The second-order valence-corrected chi connectivity index (χ2v) is 4.88. The molecule has 0 saturated carbocycles. The Morgan fingerprint density at radius 1 is 0.900 bits per heavy atom. The van der Waals surface area contributed by atoms with E-state index in [1.165, 1.54) is 0 Å².